The second kappa shape index (κ2) is 6.23. The summed E-state index contributed by atoms with van der Waals surface area (Å²) in [6, 6.07) is 6.23. The molecule has 1 aliphatic heterocycles. The van der Waals surface area contributed by atoms with Crippen molar-refractivity contribution >= 4 is 11.9 Å². The first-order valence-electron chi connectivity index (χ1n) is 8.08. The molecule has 0 saturated carbocycles. The van der Waals surface area contributed by atoms with E-state index in [1.54, 1.807) is 23.1 Å². The molecule has 1 fully saturated rings. The van der Waals surface area contributed by atoms with Gasteiger partial charge in [-0.1, -0.05) is 25.1 Å². The molecule has 1 unspecified atom stereocenters. The molecule has 1 atom stereocenters. The Morgan fingerprint density at radius 2 is 2.25 bits per heavy atom. The van der Waals surface area contributed by atoms with Crippen LogP contribution in [-0.2, 0) is 16.1 Å². The minimum Gasteiger partial charge on any atom is -0.478 e. The van der Waals surface area contributed by atoms with E-state index < -0.39 is 5.97 Å². The number of likely N-dealkylation sites (tertiary alicyclic amines) is 1. The van der Waals surface area contributed by atoms with Crippen LogP contribution < -0.4 is 0 Å². The van der Waals surface area contributed by atoms with E-state index >= 15 is 0 Å². The van der Waals surface area contributed by atoms with Crippen molar-refractivity contribution in [3.63, 3.8) is 0 Å². The van der Waals surface area contributed by atoms with E-state index in [0.29, 0.717) is 13.0 Å². The van der Waals surface area contributed by atoms with Crippen molar-refractivity contribution in [1.82, 2.24) is 4.90 Å². The van der Waals surface area contributed by atoms with Crippen molar-refractivity contribution < 1.29 is 19.1 Å². The molecule has 1 amide bonds. The van der Waals surface area contributed by atoms with E-state index in [0.717, 1.165) is 42.2 Å². The molecule has 1 saturated heterocycles. The lowest BCUT2D eigenvalue weighted by Gasteiger charge is -2.34. The Balaban J connectivity index is 2.00. The van der Waals surface area contributed by atoms with E-state index in [4.69, 9.17) is 5.11 Å². The van der Waals surface area contributed by atoms with Crippen molar-refractivity contribution in [2.75, 3.05) is 0 Å². The van der Waals surface area contributed by atoms with Crippen LogP contribution in [0.15, 0.2) is 47.7 Å². The number of hydrogen-bond donors (Lipinski definition) is 1. The fourth-order valence-corrected chi connectivity index (χ4v) is 3.84. The number of carbonyl (C=O) groups is 2. The van der Waals surface area contributed by atoms with Gasteiger partial charge in [0.1, 0.15) is 5.82 Å². The number of carboxylic acid groups (broad SMARTS) is 1. The maximum absolute atomic E-state index is 13.4. The number of carbonyl (C=O) groups excluding carboxylic acids is 1. The smallest absolute Gasteiger partial charge is 0.328 e. The molecule has 126 valence electrons. The van der Waals surface area contributed by atoms with Gasteiger partial charge in [-0.3, -0.25) is 4.79 Å². The monoisotopic (exact) mass is 329 g/mol. The van der Waals surface area contributed by atoms with Gasteiger partial charge in [-0.2, -0.15) is 0 Å². The Morgan fingerprint density at radius 1 is 1.46 bits per heavy atom. The third kappa shape index (κ3) is 3.11. The van der Waals surface area contributed by atoms with Crippen molar-refractivity contribution in [3.8, 4) is 0 Å². The Kier molecular flexibility index (Phi) is 4.26. The number of benzene rings is 1. The largest absolute Gasteiger partial charge is 0.478 e. The fourth-order valence-electron chi connectivity index (χ4n) is 3.84. The second-order valence-corrected chi connectivity index (χ2v) is 6.75. The number of hydrogen-bond acceptors (Lipinski definition) is 2. The summed E-state index contributed by atoms with van der Waals surface area (Å²) in [6.45, 7) is 2.37. The Labute approximate surface area is 140 Å². The highest BCUT2D eigenvalue weighted by Gasteiger charge is 2.46. The lowest BCUT2D eigenvalue weighted by molar-refractivity contribution is -0.131. The quantitative estimate of drug-likeness (QED) is 0.858. The van der Waals surface area contributed by atoms with Gasteiger partial charge < -0.3 is 10.0 Å². The highest BCUT2D eigenvalue weighted by molar-refractivity contribution is 5.84. The summed E-state index contributed by atoms with van der Waals surface area (Å²) in [5.41, 5.74) is 2.27. The van der Waals surface area contributed by atoms with Crippen molar-refractivity contribution in [2.45, 2.75) is 39.2 Å². The normalized spacial score (nSPS) is 23.9. The molecule has 3 rings (SSSR count). The molecule has 0 spiro atoms. The standard InChI is InChI=1S/C19H20FNO3/c1-19-9-3-5-14(7-8-17(23)24)18(19)21(16(22)11-19)12-13-4-2-6-15(20)10-13/h2,4,6-8,10H,3,5,9,11-12H2,1H3,(H,23,24)/b8-7+. The zero-order chi connectivity index (χ0) is 17.3. The van der Waals surface area contributed by atoms with Crippen LogP contribution in [0.25, 0.3) is 0 Å². The number of halogens is 1. The zero-order valence-corrected chi connectivity index (χ0v) is 13.6. The fraction of sp³-hybridized carbons (Fsp3) is 0.368. The molecule has 0 bridgehead atoms. The topological polar surface area (TPSA) is 57.6 Å². The highest BCUT2D eigenvalue weighted by Crippen LogP contribution is 2.50. The number of rotatable bonds is 4. The number of carboxylic acids is 1. The number of fused-ring (bicyclic) bond motifs is 1. The van der Waals surface area contributed by atoms with Gasteiger partial charge in [0.15, 0.2) is 0 Å². The molecule has 1 aliphatic carbocycles. The SMILES string of the molecule is CC12CCCC(/C=C/C(=O)O)=C1N(Cc1cccc(F)c1)C(=O)C2. The van der Waals surface area contributed by atoms with Crippen LogP contribution in [0.2, 0.25) is 0 Å². The molecule has 0 aromatic heterocycles. The van der Waals surface area contributed by atoms with Crippen LogP contribution in [-0.4, -0.2) is 21.9 Å². The molecular weight excluding hydrogens is 309 g/mol. The predicted octanol–water partition coefficient (Wildman–Crippen LogP) is 3.64. The molecule has 1 aromatic rings. The summed E-state index contributed by atoms with van der Waals surface area (Å²) < 4.78 is 13.4. The van der Waals surface area contributed by atoms with Gasteiger partial charge in [0.05, 0.1) is 6.54 Å². The number of amides is 1. The molecule has 0 radical (unpaired) electrons. The summed E-state index contributed by atoms with van der Waals surface area (Å²) in [5.74, 6) is -1.32. The predicted molar refractivity (Wildman–Crippen MR) is 87.3 cm³/mol. The second-order valence-electron chi connectivity index (χ2n) is 6.75. The summed E-state index contributed by atoms with van der Waals surface area (Å²) in [6.07, 6.45) is 5.73. The Hall–Kier alpha value is -2.43. The average Bonchev–Trinajstić information content (AvgIpc) is 2.76. The first kappa shape index (κ1) is 16.4. The minimum absolute atomic E-state index is 0.0138. The van der Waals surface area contributed by atoms with Gasteiger partial charge in [0.2, 0.25) is 5.91 Å². The summed E-state index contributed by atoms with van der Waals surface area (Å²) in [7, 11) is 0. The Bertz CT molecular complexity index is 753. The van der Waals surface area contributed by atoms with E-state index in [2.05, 4.69) is 6.92 Å². The third-order valence-corrected chi connectivity index (χ3v) is 4.82. The molecular formula is C19H20FNO3. The molecule has 1 N–H and O–H groups in total. The lowest BCUT2D eigenvalue weighted by atomic mass is 9.74. The van der Waals surface area contributed by atoms with Gasteiger partial charge >= 0.3 is 5.97 Å². The van der Waals surface area contributed by atoms with Crippen molar-refractivity contribution in [1.29, 1.82) is 0 Å². The van der Waals surface area contributed by atoms with Crippen LogP contribution in [0.3, 0.4) is 0 Å². The van der Waals surface area contributed by atoms with Crippen LogP contribution in [0.5, 0.6) is 0 Å². The molecule has 2 aliphatic rings. The maximum Gasteiger partial charge on any atom is 0.328 e. The first-order chi connectivity index (χ1) is 11.4. The molecule has 5 heteroatoms. The number of nitrogens with zero attached hydrogens (tertiary/aromatic N) is 1. The van der Waals surface area contributed by atoms with Gasteiger partial charge in [-0.15, -0.1) is 0 Å². The molecule has 1 heterocycles. The van der Waals surface area contributed by atoms with Gasteiger partial charge in [0, 0.05) is 23.6 Å². The van der Waals surface area contributed by atoms with Crippen LogP contribution >= 0.6 is 0 Å². The van der Waals surface area contributed by atoms with E-state index in [1.165, 1.54) is 12.1 Å². The van der Waals surface area contributed by atoms with Crippen LogP contribution in [0.1, 0.15) is 38.2 Å². The van der Waals surface area contributed by atoms with Crippen molar-refractivity contribution in [3.05, 3.63) is 59.1 Å². The summed E-state index contributed by atoms with van der Waals surface area (Å²) in [4.78, 5) is 25.1. The third-order valence-electron chi connectivity index (χ3n) is 4.82. The van der Waals surface area contributed by atoms with Crippen LogP contribution in [0, 0.1) is 11.2 Å². The van der Waals surface area contributed by atoms with Gasteiger partial charge in [-0.25, -0.2) is 9.18 Å². The lowest BCUT2D eigenvalue weighted by Crippen LogP contribution is -2.28. The zero-order valence-electron chi connectivity index (χ0n) is 13.6. The minimum atomic E-state index is -1.00. The Morgan fingerprint density at radius 3 is 2.96 bits per heavy atom. The van der Waals surface area contributed by atoms with E-state index in [-0.39, 0.29) is 17.1 Å². The van der Waals surface area contributed by atoms with E-state index in [9.17, 15) is 14.0 Å². The highest BCUT2D eigenvalue weighted by atomic mass is 19.1. The van der Waals surface area contributed by atoms with Crippen LogP contribution in [0.4, 0.5) is 4.39 Å². The summed E-state index contributed by atoms with van der Waals surface area (Å²) >= 11 is 0. The molecule has 24 heavy (non-hydrogen) atoms. The average molecular weight is 329 g/mol. The molecule has 1 aromatic carbocycles. The number of aliphatic carboxylic acids is 1. The van der Waals surface area contributed by atoms with E-state index in [1.807, 2.05) is 0 Å². The van der Waals surface area contributed by atoms with Crippen molar-refractivity contribution in [2.24, 2.45) is 5.41 Å². The summed E-state index contributed by atoms with van der Waals surface area (Å²) in [5, 5.41) is 8.90. The first-order valence-corrected chi connectivity index (χ1v) is 8.08. The maximum atomic E-state index is 13.4. The molecule has 4 nitrogen and oxygen atoms in total. The van der Waals surface area contributed by atoms with Gasteiger partial charge in [-0.05, 0) is 42.5 Å². The number of allylic oxidation sites excluding steroid dienone is 3. The van der Waals surface area contributed by atoms with Gasteiger partial charge in [0.25, 0.3) is 0 Å².